The molecule has 2 rings (SSSR count). The molecule has 0 aromatic heterocycles. The fraction of sp³-hybridized carbons (Fsp3) is 0.400. The number of carboxylic acid groups (broad SMARTS) is 1. The Balaban J connectivity index is 2.64. The van der Waals surface area contributed by atoms with Gasteiger partial charge in [0.05, 0.1) is 0 Å². The van der Waals surface area contributed by atoms with Crippen molar-refractivity contribution >= 4 is 11.5 Å². The second-order valence-electron chi connectivity index (χ2n) is 5.39. The maximum absolute atomic E-state index is 10.8. The number of carbonyl (C=O) groups is 1. The normalized spacial score (nSPS) is 20.1. The Morgan fingerprint density at radius 3 is 2.76 bits per heavy atom. The third-order valence-corrected chi connectivity index (χ3v) is 3.61. The number of hydrogen-bond donors (Lipinski definition) is 1. The molecule has 1 aliphatic carbocycles. The van der Waals surface area contributed by atoms with Gasteiger partial charge in [-0.25, -0.2) is 4.79 Å². The smallest absolute Gasteiger partial charge is 0.328 e. The molecule has 0 heterocycles. The van der Waals surface area contributed by atoms with E-state index in [0.717, 1.165) is 24.0 Å². The summed E-state index contributed by atoms with van der Waals surface area (Å²) < 4.78 is 0. The number of allylic oxidation sites excluding steroid dienone is 1. The Hall–Kier alpha value is -1.57. The first kappa shape index (κ1) is 11.9. The van der Waals surface area contributed by atoms with Gasteiger partial charge in [0.25, 0.3) is 0 Å². The van der Waals surface area contributed by atoms with Gasteiger partial charge in [-0.2, -0.15) is 0 Å². The summed E-state index contributed by atoms with van der Waals surface area (Å²) in [5.74, 6) is -0.854. The molecule has 0 atom stereocenters. The molecule has 0 fully saturated rings. The Labute approximate surface area is 102 Å². The average Bonchev–Trinajstić information content (AvgIpc) is 2.21. The van der Waals surface area contributed by atoms with E-state index in [9.17, 15) is 4.79 Å². The topological polar surface area (TPSA) is 37.3 Å². The van der Waals surface area contributed by atoms with Crippen LogP contribution in [0.25, 0.3) is 5.57 Å². The fourth-order valence-electron chi connectivity index (χ4n) is 2.84. The van der Waals surface area contributed by atoms with Gasteiger partial charge < -0.3 is 5.11 Å². The quantitative estimate of drug-likeness (QED) is 0.749. The number of aliphatic carboxylic acids is 1. The van der Waals surface area contributed by atoms with Crippen LogP contribution < -0.4 is 0 Å². The Morgan fingerprint density at radius 1 is 1.41 bits per heavy atom. The van der Waals surface area contributed by atoms with Crippen LogP contribution in [0.5, 0.6) is 0 Å². The van der Waals surface area contributed by atoms with Crippen molar-refractivity contribution in [3.8, 4) is 0 Å². The van der Waals surface area contributed by atoms with E-state index in [1.165, 1.54) is 17.2 Å². The van der Waals surface area contributed by atoms with Crippen molar-refractivity contribution in [2.24, 2.45) is 0 Å². The predicted octanol–water partition coefficient (Wildman–Crippen LogP) is 3.53. The zero-order valence-corrected chi connectivity index (χ0v) is 10.6. The third-order valence-electron chi connectivity index (χ3n) is 3.61. The molecule has 17 heavy (non-hydrogen) atoms. The van der Waals surface area contributed by atoms with E-state index in [1.54, 1.807) is 0 Å². The highest BCUT2D eigenvalue weighted by molar-refractivity contribution is 5.91. The lowest BCUT2D eigenvalue weighted by Crippen LogP contribution is -2.24. The zero-order valence-electron chi connectivity index (χ0n) is 10.6. The molecule has 0 bridgehead atoms. The van der Waals surface area contributed by atoms with E-state index in [1.807, 2.05) is 12.1 Å². The monoisotopic (exact) mass is 230 g/mol. The fourth-order valence-corrected chi connectivity index (χ4v) is 2.84. The molecule has 1 aliphatic rings. The van der Waals surface area contributed by atoms with Gasteiger partial charge in [-0.15, -0.1) is 0 Å². The molecule has 0 radical (unpaired) electrons. The summed E-state index contributed by atoms with van der Waals surface area (Å²) in [6.07, 6.45) is 3.20. The molecule has 2 nitrogen and oxygen atoms in total. The molecule has 0 aliphatic heterocycles. The van der Waals surface area contributed by atoms with Gasteiger partial charge in [-0.05, 0) is 47.4 Å². The minimum atomic E-state index is -0.854. The maximum Gasteiger partial charge on any atom is 0.328 e. The first-order valence-corrected chi connectivity index (χ1v) is 5.96. The molecule has 0 spiro atoms. The molecule has 2 heteroatoms. The number of fused-ring (bicyclic) bond motifs is 1. The minimum Gasteiger partial charge on any atom is -0.478 e. The summed E-state index contributed by atoms with van der Waals surface area (Å²) in [5, 5.41) is 8.91. The van der Waals surface area contributed by atoms with Crippen molar-refractivity contribution in [2.45, 2.75) is 39.0 Å². The number of benzene rings is 1. The highest BCUT2D eigenvalue weighted by Gasteiger charge is 2.31. The first-order valence-electron chi connectivity index (χ1n) is 5.96. The van der Waals surface area contributed by atoms with Crippen molar-refractivity contribution in [2.75, 3.05) is 0 Å². The Bertz CT molecular complexity index is 496. The van der Waals surface area contributed by atoms with Gasteiger partial charge in [0.15, 0.2) is 0 Å². The maximum atomic E-state index is 10.8. The average molecular weight is 230 g/mol. The summed E-state index contributed by atoms with van der Waals surface area (Å²) in [6.45, 7) is 6.57. The molecule has 90 valence electrons. The highest BCUT2D eigenvalue weighted by atomic mass is 16.4. The summed E-state index contributed by atoms with van der Waals surface area (Å²) >= 11 is 0. The van der Waals surface area contributed by atoms with Crippen LogP contribution in [-0.2, 0) is 10.2 Å². The van der Waals surface area contributed by atoms with Gasteiger partial charge in [-0.1, -0.05) is 32.0 Å². The molecule has 0 amide bonds. The zero-order chi connectivity index (χ0) is 12.6. The number of carboxylic acids is 1. The van der Waals surface area contributed by atoms with E-state index in [4.69, 9.17) is 5.11 Å². The van der Waals surface area contributed by atoms with Crippen LogP contribution in [0.15, 0.2) is 24.3 Å². The molecule has 0 saturated heterocycles. The largest absolute Gasteiger partial charge is 0.478 e. The SMILES string of the molecule is Cc1cccc2c1C(C)(C)CC/C2=C\C(=O)O. The van der Waals surface area contributed by atoms with Crippen molar-refractivity contribution in [3.63, 3.8) is 0 Å². The van der Waals surface area contributed by atoms with Gasteiger partial charge >= 0.3 is 5.97 Å². The third kappa shape index (κ3) is 2.12. The lowest BCUT2D eigenvalue weighted by molar-refractivity contribution is -0.131. The molecule has 0 unspecified atom stereocenters. The van der Waals surface area contributed by atoms with Crippen molar-refractivity contribution < 1.29 is 9.90 Å². The Kier molecular flexibility index (Phi) is 2.82. The second-order valence-corrected chi connectivity index (χ2v) is 5.39. The van der Waals surface area contributed by atoms with Crippen molar-refractivity contribution in [3.05, 3.63) is 41.0 Å². The van der Waals surface area contributed by atoms with E-state index >= 15 is 0 Å². The Morgan fingerprint density at radius 2 is 2.12 bits per heavy atom. The summed E-state index contributed by atoms with van der Waals surface area (Å²) in [5.41, 5.74) is 4.76. The van der Waals surface area contributed by atoms with Crippen LogP contribution in [0.4, 0.5) is 0 Å². The standard InChI is InChI=1S/C15H18O2/c1-10-5-4-6-12-11(9-13(16)17)7-8-15(2,3)14(10)12/h4-6,9H,7-8H2,1-3H3,(H,16,17)/b11-9+. The lowest BCUT2D eigenvalue weighted by Gasteiger charge is -2.35. The van der Waals surface area contributed by atoms with Crippen LogP contribution in [-0.4, -0.2) is 11.1 Å². The first-order chi connectivity index (χ1) is 7.92. The van der Waals surface area contributed by atoms with E-state index in [2.05, 4.69) is 26.8 Å². The molecule has 1 aromatic carbocycles. The van der Waals surface area contributed by atoms with Crippen molar-refractivity contribution in [1.29, 1.82) is 0 Å². The molecule has 1 N–H and O–H groups in total. The van der Waals surface area contributed by atoms with E-state index < -0.39 is 5.97 Å². The van der Waals surface area contributed by atoms with Gasteiger partial charge in [0.2, 0.25) is 0 Å². The van der Waals surface area contributed by atoms with Crippen LogP contribution in [0, 0.1) is 6.92 Å². The van der Waals surface area contributed by atoms with Crippen LogP contribution >= 0.6 is 0 Å². The van der Waals surface area contributed by atoms with Gasteiger partial charge in [-0.3, -0.25) is 0 Å². The number of rotatable bonds is 1. The van der Waals surface area contributed by atoms with E-state index in [0.29, 0.717) is 0 Å². The lowest BCUT2D eigenvalue weighted by atomic mass is 9.69. The van der Waals surface area contributed by atoms with Crippen LogP contribution in [0.3, 0.4) is 0 Å². The van der Waals surface area contributed by atoms with E-state index in [-0.39, 0.29) is 5.41 Å². The molecule has 0 saturated carbocycles. The minimum absolute atomic E-state index is 0.135. The summed E-state index contributed by atoms with van der Waals surface area (Å²) in [6, 6.07) is 6.15. The molecular weight excluding hydrogens is 212 g/mol. The summed E-state index contributed by atoms with van der Waals surface area (Å²) in [7, 11) is 0. The molecule has 1 aromatic rings. The van der Waals surface area contributed by atoms with Gasteiger partial charge in [0.1, 0.15) is 0 Å². The molecular formula is C15H18O2. The number of hydrogen-bond acceptors (Lipinski definition) is 1. The highest BCUT2D eigenvalue weighted by Crippen LogP contribution is 2.43. The van der Waals surface area contributed by atoms with Crippen molar-refractivity contribution in [1.82, 2.24) is 0 Å². The number of aryl methyl sites for hydroxylation is 1. The van der Waals surface area contributed by atoms with Gasteiger partial charge in [0, 0.05) is 6.08 Å². The summed E-state index contributed by atoms with van der Waals surface area (Å²) in [4.78, 5) is 10.8. The van der Waals surface area contributed by atoms with Crippen LogP contribution in [0.1, 0.15) is 43.4 Å². The second kappa shape index (κ2) is 4.02. The predicted molar refractivity (Wildman–Crippen MR) is 69.1 cm³/mol. The van der Waals surface area contributed by atoms with Crippen LogP contribution in [0.2, 0.25) is 0 Å².